The van der Waals surface area contributed by atoms with E-state index >= 15 is 0 Å². The quantitative estimate of drug-likeness (QED) is 0.597. The molecule has 0 aliphatic carbocycles. The average Bonchev–Trinajstić information content (AvgIpc) is 2.53. The number of carbonyl (C=O) groups is 1. The largest absolute Gasteiger partial charge is 0.377 e. The van der Waals surface area contributed by atoms with Gasteiger partial charge in [0.2, 0.25) is 0 Å². The Morgan fingerprint density at radius 1 is 1.35 bits per heavy atom. The Morgan fingerprint density at radius 3 is 2.55 bits per heavy atom. The third-order valence-electron chi connectivity index (χ3n) is 3.50. The minimum atomic E-state index is 0.136. The third kappa shape index (κ3) is 4.24. The van der Waals surface area contributed by atoms with Crippen molar-refractivity contribution in [1.82, 2.24) is 4.90 Å². The van der Waals surface area contributed by atoms with E-state index in [1.54, 1.807) is 11.8 Å². The molecule has 0 N–H and O–H groups in total. The molecule has 1 fully saturated rings. The van der Waals surface area contributed by atoms with Crippen molar-refractivity contribution in [1.29, 1.82) is 0 Å². The van der Waals surface area contributed by atoms with Gasteiger partial charge in [-0.1, -0.05) is 15.9 Å². The van der Waals surface area contributed by atoms with Crippen LogP contribution in [0.5, 0.6) is 0 Å². The van der Waals surface area contributed by atoms with Crippen molar-refractivity contribution < 1.29 is 9.53 Å². The Kier molecular flexibility index (Phi) is 6.39. The standard InChI is InChI=1S/C15H20BrNO2S/c1-20-14-4-2-12(3-5-14)15(18)17-9-6-13(7-10-17)19-11-8-16/h2-5,13H,6-11H2,1H3. The topological polar surface area (TPSA) is 29.5 Å². The first-order chi connectivity index (χ1) is 9.74. The van der Waals surface area contributed by atoms with Crippen molar-refractivity contribution in [3.8, 4) is 0 Å². The molecule has 1 aromatic carbocycles. The van der Waals surface area contributed by atoms with E-state index in [9.17, 15) is 4.79 Å². The van der Waals surface area contributed by atoms with E-state index in [0.717, 1.165) is 43.4 Å². The van der Waals surface area contributed by atoms with E-state index in [1.807, 2.05) is 35.4 Å². The van der Waals surface area contributed by atoms with Gasteiger partial charge in [0.1, 0.15) is 0 Å². The van der Waals surface area contributed by atoms with Gasteiger partial charge in [-0.25, -0.2) is 0 Å². The molecule has 110 valence electrons. The lowest BCUT2D eigenvalue weighted by Crippen LogP contribution is -2.41. The molecule has 0 unspecified atom stereocenters. The first-order valence-corrected chi connectivity index (χ1v) is 9.20. The van der Waals surface area contributed by atoms with E-state index < -0.39 is 0 Å². The molecule has 1 amide bonds. The first-order valence-electron chi connectivity index (χ1n) is 6.85. The number of rotatable bonds is 5. The molecule has 0 spiro atoms. The number of benzene rings is 1. The Labute approximate surface area is 133 Å². The van der Waals surface area contributed by atoms with Gasteiger partial charge in [0.05, 0.1) is 12.7 Å². The number of carbonyl (C=O) groups excluding carboxylic acids is 1. The van der Waals surface area contributed by atoms with Gasteiger partial charge in [0, 0.05) is 28.9 Å². The average molecular weight is 358 g/mol. The van der Waals surface area contributed by atoms with Gasteiger partial charge < -0.3 is 9.64 Å². The second-order valence-corrected chi connectivity index (χ2v) is 6.45. The summed E-state index contributed by atoms with van der Waals surface area (Å²) in [6.45, 7) is 2.32. The van der Waals surface area contributed by atoms with Crippen LogP contribution in [0.25, 0.3) is 0 Å². The summed E-state index contributed by atoms with van der Waals surface area (Å²) in [6, 6.07) is 7.84. The zero-order valence-corrected chi connectivity index (χ0v) is 14.1. The molecule has 0 aromatic heterocycles. The molecule has 3 nitrogen and oxygen atoms in total. The lowest BCUT2D eigenvalue weighted by Gasteiger charge is -2.32. The fourth-order valence-corrected chi connectivity index (χ4v) is 2.95. The smallest absolute Gasteiger partial charge is 0.253 e. The van der Waals surface area contributed by atoms with E-state index in [2.05, 4.69) is 15.9 Å². The fraction of sp³-hybridized carbons (Fsp3) is 0.533. The van der Waals surface area contributed by atoms with E-state index in [1.165, 1.54) is 4.90 Å². The first kappa shape index (κ1) is 15.9. The van der Waals surface area contributed by atoms with Crippen molar-refractivity contribution in [3.05, 3.63) is 29.8 Å². The lowest BCUT2D eigenvalue weighted by atomic mass is 10.1. The number of piperidine rings is 1. The number of nitrogens with zero attached hydrogens (tertiary/aromatic N) is 1. The third-order valence-corrected chi connectivity index (χ3v) is 4.56. The normalized spacial score (nSPS) is 16.4. The SMILES string of the molecule is CSc1ccc(C(=O)N2CCC(OCCBr)CC2)cc1. The molecule has 1 aliphatic heterocycles. The van der Waals surface area contributed by atoms with Crippen molar-refractivity contribution in [2.45, 2.75) is 23.8 Å². The molecule has 1 aromatic rings. The van der Waals surface area contributed by atoms with Crippen molar-refractivity contribution >= 4 is 33.6 Å². The van der Waals surface area contributed by atoms with Crippen LogP contribution in [-0.4, -0.2) is 48.2 Å². The number of hydrogen-bond acceptors (Lipinski definition) is 3. The van der Waals surface area contributed by atoms with E-state index in [-0.39, 0.29) is 5.91 Å². The zero-order valence-electron chi connectivity index (χ0n) is 11.7. The minimum absolute atomic E-state index is 0.136. The monoisotopic (exact) mass is 357 g/mol. The molecule has 2 rings (SSSR count). The van der Waals surface area contributed by atoms with Gasteiger partial charge in [-0.3, -0.25) is 4.79 Å². The number of halogens is 1. The van der Waals surface area contributed by atoms with E-state index in [0.29, 0.717) is 6.10 Å². The Bertz CT molecular complexity index is 430. The van der Waals surface area contributed by atoms with Gasteiger partial charge in [-0.05, 0) is 43.4 Å². The highest BCUT2D eigenvalue weighted by Gasteiger charge is 2.23. The van der Waals surface area contributed by atoms with Crippen LogP contribution in [0.4, 0.5) is 0 Å². The molecule has 1 saturated heterocycles. The maximum absolute atomic E-state index is 12.4. The minimum Gasteiger partial charge on any atom is -0.377 e. The summed E-state index contributed by atoms with van der Waals surface area (Å²) in [7, 11) is 0. The number of ether oxygens (including phenoxy) is 1. The van der Waals surface area contributed by atoms with Gasteiger partial charge >= 0.3 is 0 Å². The Morgan fingerprint density at radius 2 is 2.00 bits per heavy atom. The molecular formula is C15H20BrNO2S. The molecule has 0 atom stereocenters. The number of likely N-dealkylation sites (tertiary alicyclic amines) is 1. The molecule has 1 heterocycles. The fourth-order valence-electron chi connectivity index (χ4n) is 2.35. The van der Waals surface area contributed by atoms with Crippen LogP contribution in [0, 0.1) is 0 Å². The summed E-state index contributed by atoms with van der Waals surface area (Å²) < 4.78 is 5.71. The number of alkyl halides is 1. The van der Waals surface area contributed by atoms with Gasteiger partial charge in [0.25, 0.3) is 5.91 Å². The molecule has 0 radical (unpaired) electrons. The molecule has 1 aliphatic rings. The molecule has 20 heavy (non-hydrogen) atoms. The van der Waals surface area contributed by atoms with Crippen LogP contribution in [-0.2, 0) is 4.74 Å². The molecule has 0 bridgehead atoms. The van der Waals surface area contributed by atoms with Crippen LogP contribution >= 0.6 is 27.7 Å². The number of thioether (sulfide) groups is 1. The van der Waals surface area contributed by atoms with Crippen LogP contribution in [0.1, 0.15) is 23.2 Å². The number of hydrogen-bond donors (Lipinski definition) is 0. The van der Waals surface area contributed by atoms with Gasteiger partial charge in [-0.15, -0.1) is 11.8 Å². The molecule has 5 heteroatoms. The summed E-state index contributed by atoms with van der Waals surface area (Å²) in [5.41, 5.74) is 0.780. The summed E-state index contributed by atoms with van der Waals surface area (Å²) in [6.07, 6.45) is 4.20. The highest BCUT2D eigenvalue weighted by atomic mass is 79.9. The van der Waals surface area contributed by atoms with Crippen LogP contribution in [0.3, 0.4) is 0 Å². The summed E-state index contributed by atoms with van der Waals surface area (Å²) in [5, 5.41) is 0.869. The predicted octanol–water partition coefficient (Wildman–Crippen LogP) is 3.42. The van der Waals surface area contributed by atoms with Gasteiger partial charge in [0.15, 0.2) is 0 Å². The second-order valence-electron chi connectivity index (χ2n) is 4.78. The van der Waals surface area contributed by atoms with Gasteiger partial charge in [-0.2, -0.15) is 0 Å². The van der Waals surface area contributed by atoms with Crippen LogP contribution < -0.4 is 0 Å². The Hall–Kier alpha value is -0.520. The highest BCUT2D eigenvalue weighted by molar-refractivity contribution is 9.09. The van der Waals surface area contributed by atoms with Crippen molar-refractivity contribution in [3.63, 3.8) is 0 Å². The van der Waals surface area contributed by atoms with Crippen molar-refractivity contribution in [2.24, 2.45) is 0 Å². The van der Waals surface area contributed by atoms with E-state index in [4.69, 9.17) is 4.74 Å². The maximum Gasteiger partial charge on any atom is 0.253 e. The number of amides is 1. The second kappa shape index (κ2) is 8.05. The molecule has 0 saturated carbocycles. The summed E-state index contributed by atoms with van der Waals surface area (Å²) >= 11 is 5.05. The van der Waals surface area contributed by atoms with Crippen LogP contribution in [0.2, 0.25) is 0 Å². The molecular weight excluding hydrogens is 338 g/mol. The predicted molar refractivity (Wildman–Crippen MR) is 86.9 cm³/mol. The summed E-state index contributed by atoms with van der Waals surface area (Å²) in [5.74, 6) is 0.136. The van der Waals surface area contributed by atoms with Crippen molar-refractivity contribution in [2.75, 3.05) is 31.3 Å². The Balaban J connectivity index is 1.87. The zero-order chi connectivity index (χ0) is 14.4. The van der Waals surface area contributed by atoms with Crippen LogP contribution in [0.15, 0.2) is 29.2 Å². The highest BCUT2D eigenvalue weighted by Crippen LogP contribution is 2.19. The maximum atomic E-state index is 12.4. The lowest BCUT2D eigenvalue weighted by molar-refractivity contribution is 0.0160. The summed E-state index contributed by atoms with van der Waals surface area (Å²) in [4.78, 5) is 15.5.